The van der Waals surface area contributed by atoms with E-state index < -0.39 is 11.9 Å². The average Bonchev–Trinajstić information content (AvgIpc) is 2.53. The van der Waals surface area contributed by atoms with Crippen LogP contribution in [-0.4, -0.2) is 17.6 Å². The minimum Gasteiger partial charge on any atom is -0.493 e. The normalized spacial score (nSPS) is 17.4. The zero-order chi connectivity index (χ0) is 17.3. The molecule has 1 amide bonds. The third-order valence-corrected chi connectivity index (χ3v) is 4.27. The molecular weight excluding hydrogens is 322 g/mol. The van der Waals surface area contributed by atoms with Crippen LogP contribution in [0.15, 0.2) is 47.7 Å². The van der Waals surface area contributed by atoms with Crippen molar-refractivity contribution < 1.29 is 9.53 Å². The summed E-state index contributed by atoms with van der Waals surface area (Å²) in [5.74, 6) is 0.223. The number of nitrogens with one attached hydrogen (secondary N) is 2. The highest BCUT2D eigenvalue weighted by atomic mass is 32.1. The molecule has 0 aromatic heterocycles. The van der Waals surface area contributed by atoms with Crippen LogP contribution in [-0.2, 0) is 4.79 Å². The SMILES string of the molecule is CCOc1ccc2ccccc2c1[C@@H]1NC(=S)NC(C)=C1C(N)=O. The molecule has 0 saturated carbocycles. The number of hydrogen-bond donors (Lipinski definition) is 3. The second-order valence-corrected chi connectivity index (χ2v) is 5.97. The summed E-state index contributed by atoms with van der Waals surface area (Å²) in [6, 6.07) is 11.4. The maximum atomic E-state index is 12.1. The molecule has 1 aliphatic rings. The maximum Gasteiger partial charge on any atom is 0.248 e. The summed E-state index contributed by atoms with van der Waals surface area (Å²) in [6.07, 6.45) is 0. The fourth-order valence-corrected chi connectivity index (χ4v) is 3.36. The topological polar surface area (TPSA) is 76.4 Å². The number of carbonyl (C=O) groups is 1. The molecular formula is C18H19N3O2S. The highest BCUT2D eigenvalue weighted by Crippen LogP contribution is 2.38. The molecule has 124 valence electrons. The number of nitrogens with two attached hydrogens (primary N) is 1. The van der Waals surface area contributed by atoms with Gasteiger partial charge in [0.1, 0.15) is 5.75 Å². The number of benzene rings is 2. The zero-order valence-electron chi connectivity index (χ0n) is 13.6. The number of fused-ring (bicyclic) bond motifs is 1. The Kier molecular flexibility index (Phi) is 4.40. The predicted octanol–water partition coefficient (Wildman–Crippen LogP) is 2.52. The molecule has 1 atom stereocenters. The Labute approximate surface area is 145 Å². The standard InChI is InChI=1S/C18H19N3O2S/c1-3-23-13-9-8-11-6-4-5-7-12(11)15(13)16-14(17(19)22)10(2)20-18(24)21-16/h4-9,16H,3H2,1-2H3,(H2,19,22)(H2,20,21,24)/t16-/m1/s1. The molecule has 0 unspecified atom stereocenters. The van der Waals surface area contributed by atoms with Crippen molar-refractivity contribution in [2.24, 2.45) is 5.73 Å². The largest absolute Gasteiger partial charge is 0.493 e. The van der Waals surface area contributed by atoms with Crippen LogP contribution in [0.5, 0.6) is 5.75 Å². The van der Waals surface area contributed by atoms with Crippen LogP contribution in [0.2, 0.25) is 0 Å². The molecule has 1 heterocycles. The molecule has 24 heavy (non-hydrogen) atoms. The van der Waals surface area contributed by atoms with E-state index in [9.17, 15) is 4.79 Å². The number of rotatable bonds is 4. The van der Waals surface area contributed by atoms with Gasteiger partial charge in [-0.2, -0.15) is 0 Å². The van der Waals surface area contributed by atoms with Crippen molar-refractivity contribution in [1.82, 2.24) is 10.6 Å². The minimum atomic E-state index is -0.490. The molecule has 4 N–H and O–H groups in total. The molecule has 5 nitrogen and oxygen atoms in total. The summed E-state index contributed by atoms with van der Waals surface area (Å²) < 4.78 is 5.82. The van der Waals surface area contributed by atoms with Crippen molar-refractivity contribution in [3.63, 3.8) is 0 Å². The Hall–Kier alpha value is -2.60. The molecule has 0 radical (unpaired) electrons. The highest BCUT2D eigenvalue weighted by Gasteiger charge is 2.31. The van der Waals surface area contributed by atoms with Crippen molar-refractivity contribution >= 4 is 34.0 Å². The van der Waals surface area contributed by atoms with Crippen molar-refractivity contribution in [1.29, 1.82) is 0 Å². The fraction of sp³-hybridized carbons (Fsp3) is 0.222. The number of allylic oxidation sites excluding steroid dienone is 1. The Bertz CT molecular complexity index is 860. The number of ether oxygens (including phenoxy) is 1. The van der Waals surface area contributed by atoms with E-state index >= 15 is 0 Å². The van der Waals surface area contributed by atoms with Gasteiger partial charge in [-0.25, -0.2) is 0 Å². The Morgan fingerprint density at radius 1 is 1.29 bits per heavy atom. The van der Waals surface area contributed by atoms with Gasteiger partial charge in [-0.05, 0) is 42.9 Å². The number of thiocarbonyl (C=S) groups is 1. The van der Waals surface area contributed by atoms with Crippen LogP contribution in [0.4, 0.5) is 0 Å². The van der Waals surface area contributed by atoms with Gasteiger partial charge in [0.15, 0.2) is 5.11 Å². The van der Waals surface area contributed by atoms with Gasteiger partial charge in [-0.3, -0.25) is 4.79 Å². The average molecular weight is 341 g/mol. The summed E-state index contributed by atoms with van der Waals surface area (Å²) in [5, 5.41) is 8.65. The van der Waals surface area contributed by atoms with Gasteiger partial charge in [-0.1, -0.05) is 30.3 Å². The van der Waals surface area contributed by atoms with Crippen LogP contribution < -0.4 is 21.1 Å². The smallest absolute Gasteiger partial charge is 0.248 e. The van der Waals surface area contributed by atoms with E-state index in [1.165, 1.54) is 0 Å². The summed E-state index contributed by atoms with van der Waals surface area (Å²) in [7, 11) is 0. The van der Waals surface area contributed by atoms with E-state index in [2.05, 4.69) is 10.6 Å². The van der Waals surface area contributed by atoms with Crippen molar-refractivity contribution in [2.45, 2.75) is 19.9 Å². The monoisotopic (exact) mass is 341 g/mol. The quantitative estimate of drug-likeness (QED) is 0.745. The van der Waals surface area contributed by atoms with Crippen molar-refractivity contribution in [3.05, 3.63) is 53.2 Å². The van der Waals surface area contributed by atoms with E-state index in [0.29, 0.717) is 28.7 Å². The van der Waals surface area contributed by atoms with Gasteiger partial charge in [0.2, 0.25) is 5.91 Å². The Morgan fingerprint density at radius 3 is 2.75 bits per heavy atom. The molecule has 0 fully saturated rings. The number of carbonyl (C=O) groups excluding carboxylic acids is 1. The van der Waals surface area contributed by atoms with Crippen LogP contribution in [0.1, 0.15) is 25.5 Å². The summed E-state index contributed by atoms with van der Waals surface area (Å²) in [4.78, 5) is 12.1. The van der Waals surface area contributed by atoms with Gasteiger partial charge >= 0.3 is 0 Å². The number of primary amides is 1. The molecule has 1 aliphatic heterocycles. The number of hydrogen-bond acceptors (Lipinski definition) is 3. The van der Waals surface area contributed by atoms with Crippen LogP contribution >= 0.6 is 12.2 Å². The van der Waals surface area contributed by atoms with Gasteiger partial charge in [-0.15, -0.1) is 0 Å². The minimum absolute atomic E-state index is 0.455. The highest BCUT2D eigenvalue weighted by molar-refractivity contribution is 7.80. The van der Waals surface area contributed by atoms with Gasteiger partial charge in [0.05, 0.1) is 18.2 Å². The van der Waals surface area contributed by atoms with E-state index in [0.717, 1.165) is 16.3 Å². The molecule has 0 saturated heterocycles. The van der Waals surface area contributed by atoms with Gasteiger partial charge in [0.25, 0.3) is 0 Å². The fourth-order valence-electron chi connectivity index (χ4n) is 3.09. The maximum absolute atomic E-state index is 12.1. The molecule has 2 aromatic rings. The first-order chi connectivity index (χ1) is 11.5. The molecule has 0 aliphatic carbocycles. The van der Waals surface area contributed by atoms with E-state index in [1.807, 2.05) is 43.3 Å². The van der Waals surface area contributed by atoms with Gasteiger partial charge in [0, 0.05) is 11.3 Å². The van der Waals surface area contributed by atoms with E-state index in [-0.39, 0.29) is 0 Å². The Balaban J connectivity index is 2.30. The predicted molar refractivity (Wildman–Crippen MR) is 98.6 cm³/mol. The molecule has 3 rings (SSSR count). The lowest BCUT2D eigenvalue weighted by molar-refractivity contribution is -0.115. The first-order valence-corrected chi connectivity index (χ1v) is 8.16. The van der Waals surface area contributed by atoms with Crippen LogP contribution in [0, 0.1) is 0 Å². The first-order valence-electron chi connectivity index (χ1n) is 7.75. The lowest BCUT2D eigenvalue weighted by Crippen LogP contribution is -2.46. The third-order valence-electron chi connectivity index (χ3n) is 4.05. The second-order valence-electron chi connectivity index (χ2n) is 5.57. The van der Waals surface area contributed by atoms with Crippen molar-refractivity contribution in [2.75, 3.05) is 6.61 Å². The molecule has 0 bridgehead atoms. The summed E-state index contributed by atoms with van der Waals surface area (Å²) >= 11 is 5.28. The van der Waals surface area contributed by atoms with Gasteiger partial charge < -0.3 is 21.1 Å². The lowest BCUT2D eigenvalue weighted by atomic mass is 9.90. The zero-order valence-corrected chi connectivity index (χ0v) is 14.4. The van der Waals surface area contributed by atoms with E-state index in [1.54, 1.807) is 6.92 Å². The molecule has 0 spiro atoms. The second kappa shape index (κ2) is 6.49. The Morgan fingerprint density at radius 2 is 2.04 bits per heavy atom. The summed E-state index contributed by atoms with van der Waals surface area (Å²) in [6.45, 7) is 4.25. The first kappa shape index (κ1) is 16.3. The number of amides is 1. The molecule has 2 aromatic carbocycles. The van der Waals surface area contributed by atoms with E-state index in [4.69, 9.17) is 22.7 Å². The van der Waals surface area contributed by atoms with Crippen molar-refractivity contribution in [3.8, 4) is 5.75 Å². The van der Waals surface area contributed by atoms with Crippen LogP contribution in [0.25, 0.3) is 10.8 Å². The summed E-state index contributed by atoms with van der Waals surface area (Å²) in [5.41, 5.74) is 7.62. The van der Waals surface area contributed by atoms with Crippen LogP contribution in [0.3, 0.4) is 0 Å². The lowest BCUT2D eigenvalue weighted by Gasteiger charge is -2.31. The molecule has 6 heteroatoms. The third kappa shape index (κ3) is 2.80.